The van der Waals surface area contributed by atoms with E-state index in [-0.39, 0.29) is 23.1 Å². The molecule has 1 N–H and O–H groups in total. The second-order valence-electron chi connectivity index (χ2n) is 9.85. The van der Waals surface area contributed by atoms with Crippen LogP contribution in [0.4, 0.5) is 0 Å². The maximum absolute atomic E-state index is 12.9. The third kappa shape index (κ3) is 6.15. The monoisotopic (exact) mass is 485 g/mol. The number of phenols is 1. The topological polar surface area (TPSA) is 51.5 Å². The van der Waals surface area contributed by atoms with E-state index in [0.29, 0.717) is 18.0 Å². The van der Waals surface area contributed by atoms with E-state index in [4.69, 9.17) is 16.3 Å². The van der Waals surface area contributed by atoms with Crippen LogP contribution in [0.2, 0.25) is 5.02 Å². The van der Waals surface area contributed by atoms with Gasteiger partial charge in [-0.1, -0.05) is 57.2 Å². The predicted molar refractivity (Wildman–Crippen MR) is 138 cm³/mol. The van der Waals surface area contributed by atoms with Crippen molar-refractivity contribution >= 4 is 40.2 Å². The van der Waals surface area contributed by atoms with E-state index < -0.39 is 5.41 Å². The number of fused-ring (bicyclic) bond motifs is 1. The third-order valence-corrected chi connectivity index (χ3v) is 6.78. The zero-order chi connectivity index (χ0) is 24.4. The maximum Gasteiger partial charge on any atom is 0.312 e. The van der Waals surface area contributed by atoms with Crippen LogP contribution in [-0.2, 0) is 22.5 Å². The Bertz CT molecular complexity index is 1160. The molecule has 0 aliphatic carbocycles. The molecule has 0 fully saturated rings. The lowest BCUT2D eigenvalue weighted by molar-refractivity contribution is -0.152. The smallest absolute Gasteiger partial charge is 0.312 e. The van der Waals surface area contributed by atoms with Crippen molar-refractivity contribution in [1.29, 1.82) is 0 Å². The summed E-state index contributed by atoms with van der Waals surface area (Å²) in [4.78, 5) is 13.9. The fraction of sp³-hybridized carbons (Fsp3) is 0.370. The lowest BCUT2D eigenvalue weighted by Gasteiger charge is -2.26. The van der Waals surface area contributed by atoms with Gasteiger partial charge in [0.25, 0.3) is 0 Å². The quantitative estimate of drug-likeness (QED) is 0.207. The largest absolute Gasteiger partial charge is 0.508 e. The molecule has 0 unspecified atom stereocenters. The Hall–Kier alpha value is -2.37. The summed E-state index contributed by atoms with van der Waals surface area (Å²) in [5.74, 6) is -0.0432. The molecule has 4 nitrogen and oxygen atoms in total. The Labute approximate surface area is 205 Å². The van der Waals surface area contributed by atoms with Crippen LogP contribution in [0.5, 0.6) is 5.75 Å². The molecule has 6 heteroatoms. The number of nitrogens with zero attached hydrogens (tertiary/aromatic N) is 1. The van der Waals surface area contributed by atoms with Gasteiger partial charge in [0.05, 0.1) is 5.41 Å². The minimum atomic E-state index is -0.746. The average molecular weight is 486 g/mol. The highest BCUT2D eigenvalue weighted by atomic mass is 35.5. The molecule has 0 aliphatic rings. The summed E-state index contributed by atoms with van der Waals surface area (Å²) in [6, 6.07) is 13.3. The van der Waals surface area contributed by atoms with Crippen LogP contribution in [0.3, 0.4) is 0 Å². The highest BCUT2D eigenvalue weighted by molar-refractivity contribution is 8.00. The van der Waals surface area contributed by atoms with Gasteiger partial charge >= 0.3 is 5.97 Å². The number of ether oxygens (including phenoxy) is 1. The molecule has 0 amide bonds. The van der Waals surface area contributed by atoms with Crippen LogP contribution < -0.4 is 0 Å². The Morgan fingerprint density at radius 1 is 1.15 bits per heavy atom. The van der Waals surface area contributed by atoms with Crippen LogP contribution in [0.15, 0.2) is 60.0 Å². The summed E-state index contributed by atoms with van der Waals surface area (Å²) in [7, 11) is 0. The Balaban J connectivity index is 2.20. The van der Waals surface area contributed by atoms with Crippen molar-refractivity contribution in [3.05, 3.63) is 71.4 Å². The third-order valence-electron chi connectivity index (χ3n) is 5.26. The molecule has 0 bridgehead atoms. The highest BCUT2D eigenvalue weighted by Crippen LogP contribution is 2.44. The minimum absolute atomic E-state index is 0.0624. The summed E-state index contributed by atoms with van der Waals surface area (Å²) < 4.78 is 7.59. The predicted octanol–water partition coefficient (Wildman–Crippen LogP) is 7.24. The first-order chi connectivity index (χ1) is 15.4. The van der Waals surface area contributed by atoms with Crippen molar-refractivity contribution in [2.45, 2.75) is 57.2 Å². The summed E-state index contributed by atoms with van der Waals surface area (Å²) in [6.07, 6.45) is 2.07. The van der Waals surface area contributed by atoms with E-state index >= 15 is 0 Å². The second kappa shape index (κ2) is 9.86. The normalized spacial score (nSPS) is 12.2. The van der Waals surface area contributed by atoms with E-state index in [9.17, 15) is 9.90 Å². The summed E-state index contributed by atoms with van der Waals surface area (Å²) in [5.41, 5.74) is 2.42. The number of halogens is 1. The van der Waals surface area contributed by atoms with Crippen molar-refractivity contribution in [3.8, 4) is 5.75 Å². The zero-order valence-electron chi connectivity index (χ0n) is 19.9. The molecule has 2 aromatic carbocycles. The number of hydrogen-bond donors (Lipinski definition) is 1. The van der Waals surface area contributed by atoms with Gasteiger partial charge in [0.15, 0.2) is 0 Å². The van der Waals surface area contributed by atoms with E-state index in [1.165, 1.54) is 0 Å². The number of phenolic OH excluding ortho intramolecular Hbond substituents is 1. The first-order valence-electron chi connectivity index (χ1n) is 11.0. The van der Waals surface area contributed by atoms with Gasteiger partial charge in [-0.15, -0.1) is 11.8 Å². The molecule has 33 heavy (non-hydrogen) atoms. The molecule has 0 radical (unpaired) electrons. The van der Waals surface area contributed by atoms with Crippen molar-refractivity contribution < 1.29 is 14.6 Å². The number of benzene rings is 2. The van der Waals surface area contributed by atoms with Crippen LogP contribution in [-0.4, -0.2) is 27.0 Å². The molecule has 1 heterocycles. The van der Waals surface area contributed by atoms with Crippen LogP contribution >= 0.6 is 23.4 Å². The summed E-state index contributed by atoms with van der Waals surface area (Å²) >= 11 is 7.85. The highest BCUT2D eigenvalue weighted by Gasteiger charge is 2.34. The first-order valence-corrected chi connectivity index (χ1v) is 12.2. The van der Waals surface area contributed by atoms with Crippen LogP contribution in [0.25, 0.3) is 10.9 Å². The SMILES string of the molecule is C=CCOC(=O)C(C)(C)Cc1c(SC(C)(C)C)c2cc(O)ccc2n1Cc1ccc(Cl)cc1. The van der Waals surface area contributed by atoms with E-state index in [0.717, 1.165) is 27.1 Å². The Morgan fingerprint density at radius 2 is 1.82 bits per heavy atom. The number of aromatic nitrogens is 1. The van der Waals surface area contributed by atoms with E-state index in [2.05, 4.69) is 31.9 Å². The number of carbonyl (C=O) groups excluding carboxylic acids is 1. The number of aromatic hydroxyl groups is 1. The zero-order valence-corrected chi connectivity index (χ0v) is 21.5. The fourth-order valence-electron chi connectivity index (χ4n) is 3.73. The number of rotatable bonds is 8. The Kier molecular flexibility index (Phi) is 7.55. The molecule has 0 aliphatic heterocycles. The lowest BCUT2D eigenvalue weighted by atomic mass is 9.87. The van der Waals surface area contributed by atoms with Gasteiger partial charge in [0, 0.05) is 44.2 Å². The van der Waals surface area contributed by atoms with Gasteiger partial charge in [0.2, 0.25) is 0 Å². The average Bonchev–Trinajstić information content (AvgIpc) is 2.98. The number of hydrogen-bond acceptors (Lipinski definition) is 4. The molecule has 3 aromatic rings. The van der Waals surface area contributed by atoms with Gasteiger partial charge in [-0.05, 0) is 49.7 Å². The van der Waals surface area contributed by atoms with Crippen molar-refractivity contribution in [2.75, 3.05) is 6.61 Å². The van der Waals surface area contributed by atoms with Crippen molar-refractivity contribution in [2.24, 2.45) is 5.41 Å². The van der Waals surface area contributed by atoms with E-state index in [1.807, 2.05) is 50.2 Å². The van der Waals surface area contributed by atoms with Crippen molar-refractivity contribution in [1.82, 2.24) is 4.57 Å². The number of esters is 1. The van der Waals surface area contributed by atoms with Gasteiger partial charge in [0.1, 0.15) is 12.4 Å². The number of thioether (sulfide) groups is 1. The summed E-state index contributed by atoms with van der Waals surface area (Å²) in [5, 5.41) is 11.9. The molecule has 176 valence electrons. The molecule has 0 saturated heterocycles. The minimum Gasteiger partial charge on any atom is -0.508 e. The van der Waals surface area contributed by atoms with Gasteiger partial charge in [-0.25, -0.2) is 0 Å². The molecule has 0 spiro atoms. The number of carbonyl (C=O) groups is 1. The van der Waals surface area contributed by atoms with Gasteiger partial charge in [-0.2, -0.15) is 0 Å². The van der Waals surface area contributed by atoms with Gasteiger partial charge in [-0.3, -0.25) is 4.79 Å². The molecule has 3 rings (SSSR count). The van der Waals surface area contributed by atoms with Crippen LogP contribution in [0, 0.1) is 5.41 Å². The first kappa shape index (κ1) is 25.3. The molecule has 0 atom stereocenters. The van der Waals surface area contributed by atoms with Crippen LogP contribution in [0.1, 0.15) is 45.9 Å². The van der Waals surface area contributed by atoms with Crippen molar-refractivity contribution in [3.63, 3.8) is 0 Å². The van der Waals surface area contributed by atoms with E-state index in [1.54, 1.807) is 23.9 Å². The standard InChI is InChI=1S/C27H32ClNO3S/c1-7-14-32-25(31)27(5,6)16-23-24(33-26(2,3)4)21-15-20(30)12-13-22(21)29(23)17-18-8-10-19(28)11-9-18/h7-13,15,30H,1,14,16-17H2,2-6H3. The molecule has 1 aromatic heterocycles. The van der Waals surface area contributed by atoms with Gasteiger partial charge < -0.3 is 14.4 Å². The fourth-order valence-corrected chi connectivity index (χ4v) is 5.05. The Morgan fingerprint density at radius 3 is 2.42 bits per heavy atom. The molecular formula is C27H32ClNO3S. The molecular weight excluding hydrogens is 454 g/mol. The molecule has 0 saturated carbocycles. The summed E-state index contributed by atoms with van der Waals surface area (Å²) in [6.45, 7) is 14.8. The lowest BCUT2D eigenvalue weighted by Crippen LogP contribution is -2.30. The maximum atomic E-state index is 12.9. The second-order valence-corrected chi connectivity index (χ2v) is 12.1.